The summed E-state index contributed by atoms with van der Waals surface area (Å²) in [6, 6.07) is 23.2. The van der Waals surface area contributed by atoms with E-state index in [4.69, 9.17) is 14.5 Å². The zero-order valence-electron chi connectivity index (χ0n) is 22.3. The van der Waals surface area contributed by atoms with Crippen molar-refractivity contribution in [3.8, 4) is 22.6 Å². The van der Waals surface area contributed by atoms with Gasteiger partial charge in [0.2, 0.25) is 6.79 Å². The van der Waals surface area contributed by atoms with Gasteiger partial charge in [0.1, 0.15) is 5.82 Å². The highest BCUT2D eigenvalue weighted by Crippen LogP contribution is 2.37. The molecule has 1 aliphatic heterocycles. The van der Waals surface area contributed by atoms with Gasteiger partial charge in [0, 0.05) is 23.0 Å². The minimum atomic E-state index is -4.41. The number of rotatable bonds is 6. The molecular weight excluding hydrogens is 559 g/mol. The van der Waals surface area contributed by atoms with Crippen LogP contribution in [-0.2, 0) is 12.7 Å². The van der Waals surface area contributed by atoms with E-state index in [1.165, 1.54) is 12.1 Å². The van der Waals surface area contributed by atoms with Crippen molar-refractivity contribution in [3.63, 3.8) is 0 Å². The molecule has 2 aromatic heterocycles. The van der Waals surface area contributed by atoms with E-state index >= 15 is 0 Å². The lowest BCUT2D eigenvalue weighted by Crippen LogP contribution is -2.14. The van der Waals surface area contributed by atoms with Gasteiger partial charge in [-0.3, -0.25) is 9.89 Å². The molecule has 0 radical (unpaired) electrons. The Bertz CT molecular complexity index is 2000. The molecule has 0 atom stereocenters. The number of ether oxygens (including phenoxy) is 2. The maximum absolute atomic E-state index is 13.7. The molecule has 0 saturated carbocycles. The summed E-state index contributed by atoms with van der Waals surface area (Å²) in [7, 11) is 0. The number of halogens is 3. The molecule has 0 fully saturated rings. The predicted molar refractivity (Wildman–Crippen MR) is 156 cm³/mol. The van der Waals surface area contributed by atoms with Crippen LogP contribution in [0.25, 0.3) is 32.9 Å². The zero-order chi connectivity index (χ0) is 29.6. The summed E-state index contributed by atoms with van der Waals surface area (Å²) in [4.78, 5) is 18.4. The van der Waals surface area contributed by atoms with Crippen LogP contribution < -0.4 is 20.1 Å². The molecule has 6 aromatic rings. The quantitative estimate of drug-likeness (QED) is 0.190. The maximum atomic E-state index is 13.7. The summed E-state index contributed by atoms with van der Waals surface area (Å²) in [5.41, 5.74) is 4.02. The van der Waals surface area contributed by atoms with E-state index in [1.807, 2.05) is 48.5 Å². The van der Waals surface area contributed by atoms with Crippen molar-refractivity contribution >= 4 is 39.2 Å². The second-order valence-electron chi connectivity index (χ2n) is 10.0. The summed E-state index contributed by atoms with van der Waals surface area (Å²) in [5, 5.41) is 14.5. The van der Waals surface area contributed by atoms with Gasteiger partial charge in [0.05, 0.1) is 28.4 Å². The number of H-pyrrole nitrogens is 1. The number of nitrogens with zero attached hydrogens (tertiary/aromatic N) is 2. The van der Waals surface area contributed by atoms with Crippen molar-refractivity contribution in [2.24, 2.45) is 0 Å². The number of aromatic nitrogens is 3. The molecule has 0 bridgehead atoms. The first kappa shape index (κ1) is 26.3. The summed E-state index contributed by atoms with van der Waals surface area (Å²) >= 11 is 0. The number of nitrogens with one attached hydrogen (secondary N) is 3. The first-order chi connectivity index (χ1) is 20.8. The van der Waals surface area contributed by atoms with Crippen molar-refractivity contribution in [1.82, 2.24) is 15.2 Å². The molecule has 0 aliphatic carbocycles. The van der Waals surface area contributed by atoms with Crippen molar-refractivity contribution in [2.75, 3.05) is 17.4 Å². The summed E-state index contributed by atoms with van der Waals surface area (Å²) < 4.78 is 49.9. The van der Waals surface area contributed by atoms with Crippen LogP contribution in [0.5, 0.6) is 11.5 Å². The smallest absolute Gasteiger partial charge is 0.416 e. The molecule has 8 nitrogen and oxygen atoms in total. The zero-order valence-corrected chi connectivity index (χ0v) is 22.3. The van der Waals surface area contributed by atoms with Gasteiger partial charge in [-0.25, -0.2) is 4.98 Å². The largest absolute Gasteiger partial charge is 0.454 e. The van der Waals surface area contributed by atoms with E-state index in [0.717, 1.165) is 34.2 Å². The highest BCUT2D eigenvalue weighted by Gasteiger charge is 2.30. The molecule has 7 rings (SSSR count). The third-order valence-electron chi connectivity index (χ3n) is 7.21. The number of alkyl halides is 3. The monoisotopic (exact) mass is 581 g/mol. The van der Waals surface area contributed by atoms with Crippen LogP contribution in [0.1, 0.15) is 21.5 Å². The van der Waals surface area contributed by atoms with Gasteiger partial charge in [-0.2, -0.15) is 18.3 Å². The molecule has 0 spiro atoms. The average Bonchev–Trinajstić information content (AvgIpc) is 3.68. The fourth-order valence-corrected chi connectivity index (χ4v) is 4.98. The predicted octanol–water partition coefficient (Wildman–Crippen LogP) is 7.39. The molecule has 11 heteroatoms. The van der Waals surface area contributed by atoms with Crippen molar-refractivity contribution in [1.29, 1.82) is 0 Å². The third kappa shape index (κ3) is 5.28. The van der Waals surface area contributed by atoms with Crippen LogP contribution in [-0.4, -0.2) is 27.9 Å². The first-order valence-electron chi connectivity index (χ1n) is 13.3. The topological polar surface area (TPSA) is 101 Å². The van der Waals surface area contributed by atoms with Crippen LogP contribution in [0.2, 0.25) is 0 Å². The second kappa shape index (κ2) is 10.4. The molecule has 1 amide bonds. The van der Waals surface area contributed by atoms with E-state index in [2.05, 4.69) is 20.8 Å². The fraction of sp³-hybridized carbons (Fsp3) is 0.0938. The summed E-state index contributed by atoms with van der Waals surface area (Å²) in [6.45, 7) is 0.377. The number of anilines is 2. The Morgan fingerprint density at radius 3 is 2.51 bits per heavy atom. The highest BCUT2D eigenvalue weighted by molar-refractivity contribution is 6.14. The van der Waals surface area contributed by atoms with E-state index in [1.54, 1.807) is 18.3 Å². The van der Waals surface area contributed by atoms with Gasteiger partial charge in [-0.1, -0.05) is 24.3 Å². The van der Waals surface area contributed by atoms with Gasteiger partial charge >= 0.3 is 6.18 Å². The Labute approximate surface area is 242 Å². The third-order valence-corrected chi connectivity index (χ3v) is 7.21. The van der Waals surface area contributed by atoms with Crippen LogP contribution >= 0.6 is 0 Å². The molecular formula is C32H22F3N5O3. The van der Waals surface area contributed by atoms with Gasteiger partial charge in [0.15, 0.2) is 11.5 Å². The Morgan fingerprint density at radius 2 is 1.67 bits per heavy atom. The number of amides is 1. The Kier molecular flexibility index (Phi) is 6.34. The van der Waals surface area contributed by atoms with E-state index in [-0.39, 0.29) is 19.2 Å². The first-order valence-corrected chi connectivity index (χ1v) is 13.3. The number of fused-ring (bicyclic) bond motifs is 3. The SMILES string of the molecule is O=C(Nc1ccc2[nH]ncc2c1)c1cc(NCc2ccc(C(F)(F)F)cc2)nc2ccc(-c3ccc4c(c3)OCO4)cc12. The number of pyridine rings is 1. The highest BCUT2D eigenvalue weighted by atomic mass is 19.4. The summed E-state index contributed by atoms with van der Waals surface area (Å²) in [6.07, 6.45) is -2.73. The van der Waals surface area contributed by atoms with Crippen LogP contribution in [0.4, 0.5) is 24.7 Å². The summed E-state index contributed by atoms with van der Waals surface area (Å²) in [5.74, 6) is 1.37. The Morgan fingerprint density at radius 1 is 0.884 bits per heavy atom. The fourth-order valence-electron chi connectivity index (χ4n) is 4.98. The number of benzene rings is 4. The molecule has 3 heterocycles. The second-order valence-corrected chi connectivity index (χ2v) is 10.0. The minimum absolute atomic E-state index is 0.164. The molecule has 43 heavy (non-hydrogen) atoms. The number of hydrogen-bond donors (Lipinski definition) is 3. The van der Waals surface area contributed by atoms with Crippen LogP contribution in [0.15, 0.2) is 91.1 Å². The minimum Gasteiger partial charge on any atom is -0.454 e. The number of hydrogen-bond acceptors (Lipinski definition) is 6. The van der Waals surface area contributed by atoms with Crippen molar-refractivity contribution in [3.05, 3.63) is 108 Å². The number of aromatic amines is 1. The van der Waals surface area contributed by atoms with Crippen molar-refractivity contribution in [2.45, 2.75) is 12.7 Å². The Hall–Kier alpha value is -5.58. The van der Waals surface area contributed by atoms with E-state index < -0.39 is 11.7 Å². The van der Waals surface area contributed by atoms with E-state index in [0.29, 0.717) is 45.0 Å². The molecule has 3 N–H and O–H groups in total. The maximum Gasteiger partial charge on any atom is 0.416 e. The van der Waals surface area contributed by atoms with E-state index in [9.17, 15) is 18.0 Å². The lowest BCUT2D eigenvalue weighted by atomic mass is 10.00. The number of carbonyl (C=O) groups is 1. The molecule has 4 aromatic carbocycles. The lowest BCUT2D eigenvalue weighted by Gasteiger charge is -2.14. The van der Waals surface area contributed by atoms with Gasteiger partial charge in [-0.15, -0.1) is 0 Å². The van der Waals surface area contributed by atoms with Gasteiger partial charge < -0.3 is 20.1 Å². The standard InChI is InChI=1S/C32H22F3N5O3/c33-32(34,35)22-5-1-18(2-6-22)15-36-30-14-25(31(41)38-23-7-9-26-21(11-23)16-37-40-26)24-12-19(3-8-27(24)39-30)20-4-10-28-29(13-20)43-17-42-28/h1-14,16H,15,17H2,(H,36,39)(H,37,40)(H,38,41). The lowest BCUT2D eigenvalue weighted by molar-refractivity contribution is -0.137. The molecule has 1 aliphatic rings. The molecule has 0 unspecified atom stereocenters. The average molecular weight is 582 g/mol. The van der Waals surface area contributed by atoms with Gasteiger partial charge in [-0.05, 0) is 77.4 Å². The number of carbonyl (C=O) groups excluding carboxylic acids is 1. The molecule has 214 valence electrons. The van der Waals surface area contributed by atoms with Gasteiger partial charge in [0.25, 0.3) is 5.91 Å². The van der Waals surface area contributed by atoms with Crippen molar-refractivity contribution < 1.29 is 27.4 Å². The van der Waals surface area contributed by atoms with Crippen LogP contribution in [0, 0.1) is 0 Å². The normalized spacial score (nSPS) is 12.5. The molecule has 0 saturated heterocycles. The van der Waals surface area contributed by atoms with Crippen LogP contribution in [0.3, 0.4) is 0 Å². The Balaban J connectivity index is 1.23.